The minimum absolute atomic E-state index is 0.0566. The van der Waals surface area contributed by atoms with Crippen LogP contribution in [0.2, 0.25) is 0 Å². The van der Waals surface area contributed by atoms with Gasteiger partial charge in [0.25, 0.3) is 7.82 Å². The van der Waals surface area contributed by atoms with E-state index in [1.54, 1.807) is 0 Å². The summed E-state index contributed by atoms with van der Waals surface area (Å²) in [6.45, 7) is 3.89. The molecule has 0 amide bonds. The SMILES string of the molecule is CC/C=C\C/C=C\C/C=C\C/C=C\C/C=C\C/C=C\C/C=C\C/C=C\C/C=C\C/C=C\C/C=C\CCCCCCCCCC(=O)OC(COC(=O)CCC/C=C\C/C=C\C/C=C\C/C=C\C/C=C\C/C=C\C/C=C\C/C=C\C/C=C\CC)COP(=O)([O-])OCC[N+](C)(C)C. The van der Waals surface area contributed by atoms with E-state index in [4.69, 9.17) is 18.5 Å². The van der Waals surface area contributed by atoms with E-state index in [2.05, 4.69) is 257 Å². The molecule has 0 N–H and O–H groups in total. The fourth-order valence-electron chi connectivity index (χ4n) is 8.48. The lowest BCUT2D eigenvalue weighted by molar-refractivity contribution is -0.870. The molecular weight excluding hydrogens is 1180 g/mol. The molecular formula is C84H128NO8P. The van der Waals surface area contributed by atoms with Gasteiger partial charge in [0.1, 0.15) is 19.8 Å². The van der Waals surface area contributed by atoms with E-state index in [1.165, 1.54) is 6.42 Å². The van der Waals surface area contributed by atoms with E-state index in [0.717, 1.165) is 167 Å². The minimum atomic E-state index is -4.68. The fraction of sp³-hybridized carbons (Fsp3) is 0.500. The summed E-state index contributed by atoms with van der Waals surface area (Å²) in [6.07, 6.45) is 117. The molecule has 0 saturated heterocycles. The van der Waals surface area contributed by atoms with Crippen molar-refractivity contribution in [2.24, 2.45) is 0 Å². The summed E-state index contributed by atoms with van der Waals surface area (Å²) in [5.74, 6) is -0.938. The van der Waals surface area contributed by atoms with Crippen LogP contribution in [0.1, 0.15) is 219 Å². The van der Waals surface area contributed by atoms with Gasteiger partial charge in [-0.15, -0.1) is 0 Å². The molecule has 0 bridgehead atoms. The molecule has 0 fully saturated rings. The Bertz CT molecular complexity index is 2490. The van der Waals surface area contributed by atoms with E-state index < -0.39 is 32.5 Å². The molecule has 94 heavy (non-hydrogen) atoms. The molecule has 0 aliphatic heterocycles. The molecule has 0 aromatic rings. The molecule has 9 nitrogen and oxygen atoms in total. The van der Waals surface area contributed by atoms with Gasteiger partial charge in [-0.3, -0.25) is 14.2 Å². The van der Waals surface area contributed by atoms with Crippen molar-refractivity contribution < 1.29 is 42.1 Å². The lowest BCUT2D eigenvalue weighted by atomic mass is 10.1. The van der Waals surface area contributed by atoms with Gasteiger partial charge in [-0.05, 0) is 161 Å². The monoisotopic (exact) mass is 1310 g/mol. The second-order valence-corrected chi connectivity index (χ2v) is 25.2. The van der Waals surface area contributed by atoms with Gasteiger partial charge in [0, 0.05) is 12.8 Å². The Morgan fingerprint density at radius 1 is 0.330 bits per heavy atom. The van der Waals surface area contributed by atoms with E-state index in [1.807, 2.05) is 21.1 Å². The summed E-state index contributed by atoms with van der Waals surface area (Å²) in [4.78, 5) is 38.0. The highest BCUT2D eigenvalue weighted by molar-refractivity contribution is 7.45. The standard InChI is InChI=1S/C84H128NO8P/c1-6-8-10-12-14-16-18-20-22-24-26-28-30-32-34-36-37-38-39-40-41-42-43-44-45-46-47-49-51-53-55-57-59-61-63-65-67-69-71-73-75-77-84(87)93-82(81-92-94(88,89)91-79-78-85(3,4)5)80-90-83(86)76-74-72-70-68-66-64-62-60-58-56-54-52-50-48-35-33-31-29-27-25-23-21-19-17-15-13-11-9-7-2/h8-11,14-17,20-23,26-29,32-35,37-38,40-41,43-44,46-47,50-53,56-59,62,64,68,70,82H,6-7,12-13,18-19,24-25,30-31,36,39,42,45,48-49,54-55,60-61,63,65-67,69,71-81H2,1-5H3/b10-8-,11-9-,16-14-,17-15-,22-20-,23-21-,28-26-,29-27-,34-32-,35-33-,38-37-,41-40-,44-43-,47-46-,52-50-,53-51-,58-56-,59-57-,64-62-,70-68-. The molecule has 0 spiro atoms. The van der Waals surface area contributed by atoms with Crippen molar-refractivity contribution in [3.63, 3.8) is 0 Å². The second-order valence-electron chi connectivity index (χ2n) is 23.8. The lowest BCUT2D eigenvalue weighted by Gasteiger charge is -2.28. The van der Waals surface area contributed by atoms with Gasteiger partial charge in [-0.1, -0.05) is 289 Å². The number of phosphoric ester groups is 1. The van der Waals surface area contributed by atoms with Crippen LogP contribution in [0.15, 0.2) is 243 Å². The Kier molecular flexibility index (Phi) is 66.4. The topological polar surface area (TPSA) is 111 Å². The van der Waals surface area contributed by atoms with Gasteiger partial charge in [-0.2, -0.15) is 0 Å². The molecule has 2 unspecified atom stereocenters. The van der Waals surface area contributed by atoms with Crippen molar-refractivity contribution in [2.45, 2.75) is 225 Å². The third-order valence-electron chi connectivity index (χ3n) is 13.9. The molecule has 0 rings (SSSR count). The van der Waals surface area contributed by atoms with Crippen molar-refractivity contribution in [1.82, 2.24) is 0 Å². The number of likely N-dealkylation sites (N-methyl/N-ethyl adjacent to an activating group) is 1. The quantitative estimate of drug-likeness (QED) is 0.0195. The number of carbonyl (C=O) groups is 2. The Balaban J connectivity index is 4.26. The molecule has 0 aliphatic rings. The number of nitrogens with zero attached hydrogens (tertiary/aromatic N) is 1. The summed E-state index contributed by atoms with van der Waals surface area (Å²) in [6, 6.07) is 0. The van der Waals surface area contributed by atoms with Crippen molar-refractivity contribution in [1.29, 1.82) is 0 Å². The zero-order valence-electron chi connectivity index (χ0n) is 59.3. The maximum atomic E-state index is 12.9. The van der Waals surface area contributed by atoms with Crippen LogP contribution in [-0.4, -0.2) is 70.0 Å². The number of allylic oxidation sites excluding steroid dienone is 40. The van der Waals surface area contributed by atoms with Gasteiger partial charge >= 0.3 is 11.9 Å². The van der Waals surface area contributed by atoms with Crippen LogP contribution < -0.4 is 4.89 Å². The van der Waals surface area contributed by atoms with Gasteiger partial charge < -0.3 is 27.9 Å². The normalized spacial score (nSPS) is 14.6. The van der Waals surface area contributed by atoms with Gasteiger partial charge in [-0.25, -0.2) is 0 Å². The number of rotatable bonds is 62. The van der Waals surface area contributed by atoms with Crippen molar-refractivity contribution >= 4 is 19.8 Å². The van der Waals surface area contributed by atoms with E-state index in [0.29, 0.717) is 30.3 Å². The third kappa shape index (κ3) is 74.8. The number of phosphoric acid groups is 1. The Labute approximate surface area is 574 Å². The van der Waals surface area contributed by atoms with Gasteiger partial charge in [0.2, 0.25) is 0 Å². The van der Waals surface area contributed by atoms with Crippen LogP contribution >= 0.6 is 7.82 Å². The molecule has 10 heteroatoms. The zero-order chi connectivity index (χ0) is 68.3. The summed E-state index contributed by atoms with van der Waals surface area (Å²) >= 11 is 0. The average Bonchev–Trinajstić information content (AvgIpc) is 1.57. The van der Waals surface area contributed by atoms with Gasteiger partial charge in [0.05, 0.1) is 27.7 Å². The first-order chi connectivity index (χ1) is 46.0. The molecule has 0 aliphatic carbocycles. The number of esters is 2. The molecule has 522 valence electrons. The number of quaternary nitrogens is 1. The highest BCUT2D eigenvalue weighted by Crippen LogP contribution is 2.38. The Morgan fingerprint density at radius 3 is 0.883 bits per heavy atom. The largest absolute Gasteiger partial charge is 0.756 e. The van der Waals surface area contributed by atoms with Crippen LogP contribution in [0, 0.1) is 0 Å². The Hall–Kier alpha value is -6.19. The molecule has 2 atom stereocenters. The van der Waals surface area contributed by atoms with Crippen LogP contribution in [0.25, 0.3) is 0 Å². The molecule has 0 saturated carbocycles. The predicted molar refractivity (Wildman–Crippen MR) is 405 cm³/mol. The Morgan fingerprint density at radius 2 is 0.585 bits per heavy atom. The maximum absolute atomic E-state index is 12.9. The lowest BCUT2D eigenvalue weighted by Crippen LogP contribution is -2.37. The van der Waals surface area contributed by atoms with E-state index in [9.17, 15) is 19.0 Å². The first kappa shape index (κ1) is 87.8. The second kappa shape index (κ2) is 71.1. The number of hydrogen-bond acceptors (Lipinski definition) is 8. The van der Waals surface area contributed by atoms with Crippen molar-refractivity contribution in [3.8, 4) is 0 Å². The van der Waals surface area contributed by atoms with Crippen molar-refractivity contribution in [2.75, 3.05) is 47.5 Å². The highest BCUT2D eigenvalue weighted by atomic mass is 31.2. The highest BCUT2D eigenvalue weighted by Gasteiger charge is 2.22. The summed E-state index contributed by atoms with van der Waals surface area (Å²) < 4.78 is 34.2. The maximum Gasteiger partial charge on any atom is 0.306 e. The summed E-state index contributed by atoms with van der Waals surface area (Å²) in [5, 5.41) is 0. The molecule has 0 radical (unpaired) electrons. The van der Waals surface area contributed by atoms with Crippen LogP contribution in [0.3, 0.4) is 0 Å². The van der Waals surface area contributed by atoms with Crippen LogP contribution in [0.4, 0.5) is 0 Å². The first-order valence-electron chi connectivity index (χ1n) is 35.7. The van der Waals surface area contributed by atoms with Gasteiger partial charge in [0.15, 0.2) is 6.10 Å². The van der Waals surface area contributed by atoms with Crippen LogP contribution in [0.5, 0.6) is 0 Å². The average molecular weight is 1310 g/mol. The van der Waals surface area contributed by atoms with E-state index >= 15 is 0 Å². The smallest absolute Gasteiger partial charge is 0.306 e. The summed E-state index contributed by atoms with van der Waals surface area (Å²) in [7, 11) is 1.09. The zero-order valence-corrected chi connectivity index (χ0v) is 60.2. The minimum Gasteiger partial charge on any atom is -0.756 e. The molecule has 0 aromatic heterocycles. The first-order valence-corrected chi connectivity index (χ1v) is 37.2. The summed E-state index contributed by atoms with van der Waals surface area (Å²) in [5.41, 5.74) is 0. The molecule has 0 heterocycles. The third-order valence-corrected chi connectivity index (χ3v) is 14.8. The number of hydrogen-bond donors (Lipinski definition) is 0. The molecule has 0 aromatic carbocycles. The fourth-order valence-corrected chi connectivity index (χ4v) is 9.21. The predicted octanol–water partition coefficient (Wildman–Crippen LogP) is 23.3. The van der Waals surface area contributed by atoms with Crippen LogP contribution in [-0.2, 0) is 32.7 Å². The van der Waals surface area contributed by atoms with E-state index in [-0.39, 0.29) is 26.1 Å². The number of carbonyl (C=O) groups excluding carboxylic acids is 2. The number of unbranched alkanes of at least 4 members (excludes halogenated alkanes) is 8. The van der Waals surface area contributed by atoms with Crippen molar-refractivity contribution in [3.05, 3.63) is 243 Å². The number of ether oxygens (including phenoxy) is 2.